The highest BCUT2D eigenvalue weighted by molar-refractivity contribution is 5.14. The van der Waals surface area contributed by atoms with Gasteiger partial charge in [-0.1, -0.05) is 6.92 Å². The first-order valence-electron chi connectivity index (χ1n) is 4.77. The Balaban J connectivity index is 6.42. The van der Waals surface area contributed by atoms with Crippen molar-refractivity contribution in [2.45, 2.75) is 49.1 Å². The molecule has 13 heteroatoms. The van der Waals surface area contributed by atoms with Gasteiger partial charge in [-0.15, -0.1) is 0 Å². The summed E-state index contributed by atoms with van der Waals surface area (Å²) in [4.78, 5) is 0. The molecule has 0 radical (unpaired) electrons. The summed E-state index contributed by atoms with van der Waals surface area (Å²) in [5.74, 6) is -21.0. The summed E-state index contributed by atoms with van der Waals surface area (Å²) in [6.07, 6.45) is -17.5. The molecule has 0 bridgehead atoms. The minimum atomic E-state index is -7.85. The van der Waals surface area contributed by atoms with Gasteiger partial charge in [0.2, 0.25) is 0 Å². The summed E-state index contributed by atoms with van der Waals surface area (Å²) >= 11 is 0. The maximum Gasteiger partial charge on any atom is 0.438 e. The van der Waals surface area contributed by atoms with E-state index in [0.717, 1.165) is 0 Å². The van der Waals surface area contributed by atoms with Crippen molar-refractivity contribution in [2.75, 3.05) is 0 Å². The molecule has 0 nitrogen and oxygen atoms in total. The maximum atomic E-state index is 12.9. The zero-order valence-electron chi connectivity index (χ0n) is 9.62. The van der Waals surface area contributed by atoms with E-state index in [1.165, 1.54) is 0 Å². The number of alkyl halides is 13. The van der Waals surface area contributed by atoms with E-state index in [9.17, 15) is 57.1 Å². The van der Waals surface area contributed by atoms with Gasteiger partial charge in [0.1, 0.15) is 0 Å². The van der Waals surface area contributed by atoms with Gasteiger partial charge in [-0.2, -0.15) is 52.7 Å². The molecule has 0 aromatic carbocycles. The van der Waals surface area contributed by atoms with Crippen molar-refractivity contribution in [1.82, 2.24) is 0 Å². The second-order valence-corrected chi connectivity index (χ2v) is 3.86. The van der Waals surface area contributed by atoms with Crippen LogP contribution in [0.3, 0.4) is 0 Å². The van der Waals surface area contributed by atoms with Gasteiger partial charge in [-0.05, 0) is 0 Å². The Morgan fingerprint density at radius 3 is 1.00 bits per heavy atom. The molecule has 0 atom stereocenters. The quantitative estimate of drug-likeness (QED) is 0.618. The minimum Gasteiger partial charge on any atom is -0.216 e. The molecule has 0 amide bonds. The van der Waals surface area contributed by atoms with Crippen molar-refractivity contribution < 1.29 is 57.1 Å². The Morgan fingerprint density at radius 2 is 0.810 bits per heavy atom. The summed E-state index contributed by atoms with van der Waals surface area (Å²) in [7, 11) is 0. The summed E-state index contributed by atoms with van der Waals surface area (Å²) in [5.41, 5.74) is -7.85. The maximum absolute atomic E-state index is 12.9. The third-order valence-corrected chi connectivity index (χ3v) is 2.51. The van der Waals surface area contributed by atoms with Crippen molar-refractivity contribution in [3.63, 3.8) is 0 Å². The van der Waals surface area contributed by atoms with Crippen molar-refractivity contribution in [2.24, 2.45) is 0 Å². The zero-order valence-corrected chi connectivity index (χ0v) is 9.62. The monoisotopic (exact) mass is 348 g/mol. The van der Waals surface area contributed by atoms with Gasteiger partial charge in [0.25, 0.3) is 0 Å². The molecule has 0 rings (SSSR count). The fourth-order valence-electron chi connectivity index (χ4n) is 1.18. The molecule has 0 unspecified atom stereocenters. The van der Waals surface area contributed by atoms with Gasteiger partial charge >= 0.3 is 35.8 Å². The predicted molar refractivity (Wildman–Crippen MR) is 41.1 cm³/mol. The molecular weight excluding hydrogens is 343 g/mol. The standard InChI is InChI=1S/C8H5F13/c1-2-3(9,10)5(12,13)6(14,15)4(11,7(16,17)18)8(19,20)21/h2H2,1H3. The Hall–Kier alpha value is -0.910. The third-order valence-electron chi connectivity index (χ3n) is 2.51. The van der Waals surface area contributed by atoms with Gasteiger partial charge in [-0.25, -0.2) is 4.39 Å². The Labute approximate surface area is 107 Å². The molecule has 0 spiro atoms. The molecule has 0 heterocycles. The van der Waals surface area contributed by atoms with E-state index < -0.39 is 42.2 Å². The van der Waals surface area contributed by atoms with E-state index >= 15 is 0 Å². The van der Waals surface area contributed by atoms with E-state index in [-0.39, 0.29) is 6.92 Å². The largest absolute Gasteiger partial charge is 0.438 e. The summed E-state index contributed by atoms with van der Waals surface area (Å²) in [5, 5.41) is 0. The number of hydrogen-bond acceptors (Lipinski definition) is 0. The van der Waals surface area contributed by atoms with Crippen LogP contribution in [0, 0.1) is 0 Å². The first-order valence-corrected chi connectivity index (χ1v) is 4.77. The van der Waals surface area contributed by atoms with E-state index in [0.29, 0.717) is 0 Å². The highest BCUT2D eigenvalue weighted by atomic mass is 19.4. The van der Waals surface area contributed by atoms with E-state index in [4.69, 9.17) is 0 Å². The lowest BCUT2D eigenvalue weighted by Gasteiger charge is -2.41. The molecule has 0 aromatic heterocycles. The van der Waals surface area contributed by atoms with Gasteiger partial charge in [0.05, 0.1) is 0 Å². The fourth-order valence-corrected chi connectivity index (χ4v) is 1.18. The molecule has 0 aliphatic heterocycles. The number of halogens is 13. The molecule has 0 aliphatic carbocycles. The number of rotatable bonds is 4. The molecule has 0 saturated heterocycles. The van der Waals surface area contributed by atoms with Crippen LogP contribution in [0.4, 0.5) is 57.1 Å². The van der Waals surface area contributed by atoms with Crippen molar-refractivity contribution in [3.8, 4) is 0 Å². The second kappa shape index (κ2) is 4.80. The van der Waals surface area contributed by atoms with Crippen LogP contribution in [0.15, 0.2) is 0 Å². The van der Waals surface area contributed by atoms with Gasteiger partial charge in [0.15, 0.2) is 0 Å². The highest BCUT2D eigenvalue weighted by Crippen LogP contribution is 2.62. The summed E-state index contributed by atoms with van der Waals surface area (Å²) in [6.45, 7) is 0.0884. The van der Waals surface area contributed by atoms with Gasteiger partial charge in [-0.3, -0.25) is 0 Å². The van der Waals surface area contributed by atoms with Crippen LogP contribution in [-0.4, -0.2) is 35.8 Å². The van der Waals surface area contributed by atoms with Crippen LogP contribution >= 0.6 is 0 Å². The van der Waals surface area contributed by atoms with Gasteiger partial charge in [0, 0.05) is 6.42 Å². The van der Waals surface area contributed by atoms with Crippen LogP contribution in [0.2, 0.25) is 0 Å². The smallest absolute Gasteiger partial charge is 0.216 e. The molecular formula is C8H5F13. The fraction of sp³-hybridized carbons (Fsp3) is 1.00. The van der Waals surface area contributed by atoms with Gasteiger partial charge < -0.3 is 0 Å². The van der Waals surface area contributed by atoms with Crippen LogP contribution in [0.25, 0.3) is 0 Å². The van der Waals surface area contributed by atoms with Crippen LogP contribution in [0.5, 0.6) is 0 Å². The van der Waals surface area contributed by atoms with Crippen molar-refractivity contribution in [1.29, 1.82) is 0 Å². The van der Waals surface area contributed by atoms with Crippen molar-refractivity contribution in [3.05, 3.63) is 0 Å². The lowest BCUT2D eigenvalue weighted by Crippen LogP contribution is -2.73. The first-order chi connectivity index (χ1) is 8.81. The second-order valence-electron chi connectivity index (χ2n) is 3.86. The SMILES string of the molecule is CCC(F)(F)C(F)(F)C(F)(F)C(F)(C(F)(F)F)C(F)(F)F. The topological polar surface area (TPSA) is 0 Å². The lowest BCUT2D eigenvalue weighted by molar-refractivity contribution is -0.444. The normalized spacial score (nSPS) is 16.3. The van der Waals surface area contributed by atoms with Crippen molar-refractivity contribution >= 4 is 0 Å². The van der Waals surface area contributed by atoms with Crippen LogP contribution in [-0.2, 0) is 0 Å². The van der Waals surface area contributed by atoms with Crippen LogP contribution in [0.1, 0.15) is 13.3 Å². The molecule has 21 heavy (non-hydrogen) atoms. The molecule has 0 N–H and O–H groups in total. The van der Waals surface area contributed by atoms with E-state index in [1.807, 2.05) is 0 Å². The van der Waals surface area contributed by atoms with E-state index in [1.54, 1.807) is 0 Å². The zero-order chi connectivity index (χ0) is 17.7. The van der Waals surface area contributed by atoms with Crippen LogP contribution < -0.4 is 0 Å². The molecule has 128 valence electrons. The average molecular weight is 348 g/mol. The lowest BCUT2D eigenvalue weighted by atomic mass is 9.87. The minimum absolute atomic E-state index is 0.0884. The first kappa shape index (κ1) is 20.1. The predicted octanol–water partition coefficient (Wildman–Crippen LogP) is 5.14. The highest BCUT2D eigenvalue weighted by Gasteiger charge is 2.93. The summed E-state index contributed by atoms with van der Waals surface area (Å²) < 4.78 is 161. The molecule has 0 aromatic rings. The van der Waals surface area contributed by atoms with E-state index in [2.05, 4.69) is 0 Å². The number of hydrogen-bond donors (Lipinski definition) is 0. The Kier molecular flexibility index (Phi) is 4.59. The summed E-state index contributed by atoms with van der Waals surface area (Å²) in [6, 6.07) is 0. The third kappa shape index (κ3) is 2.51. The molecule has 0 aliphatic rings. The average Bonchev–Trinajstić information content (AvgIpc) is 2.23. The molecule has 0 saturated carbocycles. The Morgan fingerprint density at radius 1 is 0.524 bits per heavy atom. The molecule has 0 fully saturated rings. The Bertz CT molecular complexity index is 359.